The highest BCUT2D eigenvalue weighted by atomic mass is 35.5. The lowest BCUT2D eigenvalue weighted by molar-refractivity contribution is -0.119. The standard InChI is InChI=1S/C28H39ClN2O4/c1-18-7-6-8-19(2)23-16-22(35-27(34)30-23)9-11-28(4,17-32)12-10-25(33)31(5)24-15-21(13-18)14-20(3)26(24)29/h6-8,14-15,19,22-23,32H,9-13,16-17H2,1-5H3,(H,30,34)/b8-6+,18-7+/t19-,22?,23-,28+/m1/s1. The third-order valence-corrected chi connectivity index (χ3v) is 7.92. The van der Waals surface area contributed by atoms with Crippen LogP contribution in [0.15, 0.2) is 35.9 Å². The third kappa shape index (κ3) is 7.11. The van der Waals surface area contributed by atoms with Crippen molar-refractivity contribution >= 4 is 29.3 Å². The molecule has 2 heterocycles. The monoisotopic (exact) mass is 502 g/mol. The molecule has 0 saturated carbocycles. The van der Waals surface area contributed by atoms with Crippen molar-refractivity contribution in [1.29, 1.82) is 0 Å². The highest BCUT2D eigenvalue weighted by Crippen LogP contribution is 2.34. The summed E-state index contributed by atoms with van der Waals surface area (Å²) in [5.74, 6) is 0.106. The van der Waals surface area contributed by atoms with E-state index in [1.807, 2.05) is 26.0 Å². The summed E-state index contributed by atoms with van der Waals surface area (Å²) in [5, 5.41) is 13.7. The lowest BCUT2D eigenvalue weighted by Crippen LogP contribution is -2.48. The Balaban J connectivity index is 1.94. The van der Waals surface area contributed by atoms with E-state index >= 15 is 0 Å². The van der Waals surface area contributed by atoms with Crippen molar-refractivity contribution in [3.63, 3.8) is 0 Å². The Morgan fingerprint density at radius 2 is 2.00 bits per heavy atom. The molecule has 2 aliphatic rings. The quantitative estimate of drug-likeness (QED) is 0.513. The molecule has 0 radical (unpaired) electrons. The number of alkyl carbamates (subject to hydrolysis) is 1. The number of ether oxygens (including phenoxy) is 1. The van der Waals surface area contributed by atoms with Crippen LogP contribution in [0.5, 0.6) is 0 Å². The van der Waals surface area contributed by atoms with Gasteiger partial charge in [-0.15, -0.1) is 0 Å². The van der Waals surface area contributed by atoms with Crippen molar-refractivity contribution in [2.45, 2.75) is 78.4 Å². The molecular weight excluding hydrogens is 464 g/mol. The normalized spacial score (nSPS) is 31.2. The highest BCUT2D eigenvalue weighted by Gasteiger charge is 2.33. The number of benzene rings is 1. The van der Waals surface area contributed by atoms with Gasteiger partial charge in [-0.05, 0) is 68.1 Å². The van der Waals surface area contributed by atoms with Gasteiger partial charge in [0, 0.05) is 32.5 Å². The zero-order chi connectivity index (χ0) is 25.8. The van der Waals surface area contributed by atoms with Crippen LogP contribution >= 0.6 is 11.6 Å². The van der Waals surface area contributed by atoms with Gasteiger partial charge in [0.15, 0.2) is 0 Å². The van der Waals surface area contributed by atoms with Crippen LogP contribution in [0.25, 0.3) is 0 Å². The second-order valence-corrected chi connectivity index (χ2v) is 11.0. The van der Waals surface area contributed by atoms with Gasteiger partial charge in [-0.3, -0.25) is 4.79 Å². The summed E-state index contributed by atoms with van der Waals surface area (Å²) in [5.41, 5.74) is 3.47. The van der Waals surface area contributed by atoms with Gasteiger partial charge >= 0.3 is 6.09 Å². The number of aliphatic hydroxyl groups excluding tert-OH is 1. The molecule has 4 atom stereocenters. The minimum atomic E-state index is -0.444. The Morgan fingerprint density at radius 1 is 1.26 bits per heavy atom. The van der Waals surface area contributed by atoms with E-state index < -0.39 is 11.5 Å². The van der Waals surface area contributed by atoms with Gasteiger partial charge in [-0.2, -0.15) is 0 Å². The number of anilines is 1. The summed E-state index contributed by atoms with van der Waals surface area (Å²) in [4.78, 5) is 27.0. The maximum Gasteiger partial charge on any atom is 0.407 e. The molecule has 1 aromatic rings. The van der Waals surface area contributed by atoms with E-state index in [1.165, 1.54) is 5.57 Å². The largest absolute Gasteiger partial charge is 0.446 e. The number of nitrogens with zero attached hydrogens (tertiary/aromatic N) is 1. The summed E-state index contributed by atoms with van der Waals surface area (Å²) in [7, 11) is 1.76. The van der Waals surface area contributed by atoms with Crippen LogP contribution in [-0.4, -0.2) is 42.9 Å². The molecule has 1 fully saturated rings. The molecule has 4 bridgehead atoms. The molecule has 2 amide bonds. The lowest BCUT2D eigenvalue weighted by atomic mass is 9.80. The fourth-order valence-corrected chi connectivity index (χ4v) is 5.07. The lowest BCUT2D eigenvalue weighted by Gasteiger charge is -2.35. The molecule has 2 N–H and O–H groups in total. The van der Waals surface area contributed by atoms with Crippen LogP contribution in [0, 0.1) is 18.3 Å². The number of fused-ring (bicyclic) bond motifs is 4. The molecule has 3 rings (SSSR count). The molecule has 1 unspecified atom stereocenters. The van der Waals surface area contributed by atoms with Gasteiger partial charge in [0.05, 0.1) is 10.7 Å². The second-order valence-electron chi connectivity index (χ2n) is 10.7. The van der Waals surface area contributed by atoms with Crippen molar-refractivity contribution in [2.75, 3.05) is 18.6 Å². The van der Waals surface area contributed by atoms with E-state index in [9.17, 15) is 14.7 Å². The Hall–Kier alpha value is -2.31. The summed E-state index contributed by atoms with van der Waals surface area (Å²) in [6, 6.07) is 4.05. The van der Waals surface area contributed by atoms with Crippen LogP contribution < -0.4 is 10.2 Å². The Kier molecular flexibility index (Phi) is 9.05. The molecule has 1 saturated heterocycles. The maximum absolute atomic E-state index is 13.1. The van der Waals surface area contributed by atoms with Crippen molar-refractivity contribution in [3.8, 4) is 0 Å². The first kappa shape index (κ1) is 27.3. The number of carbonyl (C=O) groups is 2. The predicted octanol–water partition coefficient (Wildman–Crippen LogP) is 5.73. The molecule has 7 heteroatoms. The molecule has 35 heavy (non-hydrogen) atoms. The number of rotatable bonds is 1. The van der Waals surface area contributed by atoms with Crippen molar-refractivity contribution in [3.05, 3.63) is 52.1 Å². The summed E-state index contributed by atoms with van der Waals surface area (Å²) >= 11 is 6.61. The van der Waals surface area contributed by atoms with Gasteiger partial charge in [0.2, 0.25) is 5.91 Å². The number of aliphatic hydroxyl groups is 1. The summed E-state index contributed by atoms with van der Waals surface area (Å²) in [6.07, 6.45) is 9.25. The van der Waals surface area contributed by atoms with Crippen LogP contribution in [0.3, 0.4) is 0 Å². The van der Waals surface area contributed by atoms with E-state index in [2.05, 4.69) is 37.4 Å². The molecule has 6 nitrogen and oxygen atoms in total. The predicted molar refractivity (Wildman–Crippen MR) is 141 cm³/mol. The molecular formula is C28H39ClN2O4. The molecule has 0 aromatic heterocycles. The van der Waals surface area contributed by atoms with Gasteiger partial charge in [-0.25, -0.2) is 4.79 Å². The Bertz CT molecular complexity index is 1000. The summed E-state index contributed by atoms with van der Waals surface area (Å²) < 4.78 is 5.55. The number of allylic oxidation sites excluding steroid dienone is 3. The van der Waals surface area contributed by atoms with Gasteiger partial charge in [0.25, 0.3) is 0 Å². The highest BCUT2D eigenvalue weighted by molar-refractivity contribution is 6.34. The SMILES string of the molecule is C/C1=C\C=C\[C@@H](C)[C@H]2CC(CC[C@](C)(CO)CCC(=O)N(C)c3cc(cc(C)c3Cl)C1)OC(=O)N2. The number of nitrogens with one attached hydrogen (secondary N) is 1. The fourth-order valence-electron chi connectivity index (χ4n) is 4.83. The Morgan fingerprint density at radius 3 is 2.71 bits per heavy atom. The average Bonchev–Trinajstić information content (AvgIpc) is 2.82. The van der Waals surface area contributed by atoms with E-state index in [4.69, 9.17) is 16.3 Å². The molecule has 192 valence electrons. The van der Waals surface area contributed by atoms with E-state index in [-0.39, 0.29) is 30.6 Å². The molecule has 2 aliphatic heterocycles. The number of aryl methyl sites for hydroxylation is 1. The first-order valence-electron chi connectivity index (χ1n) is 12.5. The smallest absolute Gasteiger partial charge is 0.407 e. The first-order chi connectivity index (χ1) is 16.5. The van der Waals surface area contributed by atoms with Crippen LogP contribution in [0.2, 0.25) is 5.02 Å². The van der Waals surface area contributed by atoms with Gasteiger partial charge < -0.3 is 20.1 Å². The minimum absolute atomic E-state index is 0.00891. The average molecular weight is 503 g/mol. The summed E-state index contributed by atoms with van der Waals surface area (Å²) in [6.45, 7) is 8.09. The zero-order valence-corrected chi connectivity index (χ0v) is 22.3. The van der Waals surface area contributed by atoms with E-state index in [0.29, 0.717) is 42.8 Å². The van der Waals surface area contributed by atoms with Crippen molar-refractivity contribution in [2.24, 2.45) is 11.3 Å². The molecule has 1 aromatic carbocycles. The second kappa shape index (κ2) is 11.6. The van der Waals surface area contributed by atoms with Gasteiger partial charge in [-0.1, -0.05) is 55.3 Å². The van der Waals surface area contributed by atoms with Crippen molar-refractivity contribution in [1.82, 2.24) is 5.32 Å². The Labute approximate surface area is 214 Å². The van der Waals surface area contributed by atoms with Gasteiger partial charge in [0.1, 0.15) is 6.10 Å². The van der Waals surface area contributed by atoms with Crippen molar-refractivity contribution < 1.29 is 19.4 Å². The number of halogens is 1. The number of amides is 2. The number of hydrogen-bond acceptors (Lipinski definition) is 4. The number of hydrogen-bond donors (Lipinski definition) is 2. The fraction of sp³-hybridized carbons (Fsp3) is 0.571. The third-order valence-electron chi connectivity index (χ3n) is 7.43. The van der Waals surface area contributed by atoms with Crippen LogP contribution in [0.1, 0.15) is 64.0 Å². The molecule has 0 aliphatic carbocycles. The van der Waals surface area contributed by atoms with E-state index in [0.717, 1.165) is 17.5 Å². The zero-order valence-electron chi connectivity index (χ0n) is 21.6. The maximum atomic E-state index is 13.1. The van der Waals surface area contributed by atoms with E-state index in [1.54, 1.807) is 11.9 Å². The van der Waals surface area contributed by atoms with Crippen LogP contribution in [-0.2, 0) is 16.0 Å². The first-order valence-corrected chi connectivity index (χ1v) is 12.9. The van der Waals surface area contributed by atoms with Crippen LogP contribution in [0.4, 0.5) is 10.5 Å². The molecule has 0 spiro atoms. The number of carbonyl (C=O) groups excluding carboxylic acids is 2. The minimum Gasteiger partial charge on any atom is -0.446 e. The topological polar surface area (TPSA) is 78.9 Å².